The van der Waals surface area contributed by atoms with Gasteiger partial charge in [0.05, 0.1) is 0 Å². The van der Waals surface area contributed by atoms with Gasteiger partial charge in [0.2, 0.25) is 0 Å². The van der Waals surface area contributed by atoms with E-state index in [2.05, 4.69) is 35.3 Å². The van der Waals surface area contributed by atoms with E-state index in [0.29, 0.717) is 5.11 Å². The molecule has 0 saturated heterocycles. The highest BCUT2D eigenvalue weighted by Gasteiger charge is 2.08. The molecule has 1 aromatic carbocycles. The van der Waals surface area contributed by atoms with Gasteiger partial charge >= 0.3 is 0 Å². The number of nitrogens with zero attached hydrogens (tertiary/aromatic N) is 2. The molecule has 1 aromatic heterocycles. The van der Waals surface area contributed by atoms with Crippen LogP contribution >= 0.6 is 12.2 Å². The summed E-state index contributed by atoms with van der Waals surface area (Å²) >= 11 is 5.15. The van der Waals surface area contributed by atoms with Gasteiger partial charge in [-0.05, 0) is 49.2 Å². The van der Waals surface area contributed by atoms with Gasteiger partial charge in [-0.2, -0.15) is 0 Å². The second kappa shape index (κ2) is 9.15. The van der Waals surface area contributed by atoms with Crippen molar-refractivity contribution in [2.75, 3.05) is 11.4 Å². The summed E-state index contributed by atoms with van der Waals surface area (Å²) in [5.74, 6) is 0. The predicted octanol–water partition coefficient (Wildman–Crippen LogP) is 3.93. The Balaban J connectivity index is 1.67. The molecule has 0 bridgehead atoms. The molecule has 3 nitrogen and oxygen atoms in total. The number of hydrogen-bond donors (Lipinski definition) is 1. The summed E-state index contributed by atoms with van der Waals surface area (Å²) < 4.78 is 0. The van der Waals surface area contributed by atoms with E-state index in [1.807, 2.05) is 17.0 Å². The van der Waals surface area contributed by atoms with Crippen LogP contribution in [-0.2, 0) is 6.42 Å². The van der Waals surface area contributed by atoms with Gasteiger partial charge in [-0.3, -0.25) is 4.98 Å². The van der Waals surface area contributed by atoms with Crippen LogP contribution < -0.4 is 10.6 Å². The molecule has 0 spiro atoms. The topological polar surface area (TPSA) is 42.1 Å². The highest BCUT2D eigenvalue weighted by atomic mass is 32.1. The maximum Gasteiger partial charge on any atom is 0.170 e. The third-order valence-electron chi connectivity index (χ3n) is 3.68. The van der Waals surface area contributed by atoms with Gasteiger partial charge in [-0.15, -0.1) is 0 Å². The Bertz CT molecular complexity index is 557. The van der Waals surface area contributed by atoms with Crippen molar-refractivity contribution in [2.24, 2.45) is 5.73 Å². The third kappa shape index (κ3) is 5.45. The number of nitrogens with two attached hydrogens (primary N) is 1. The van der Waals surface area contributed by atoms with Crippen LogP contribution in [0.1, 0.15) is 31.2 Å². The molecule has 116 valence electrons. The number of unbranched alkanes of at least 4 members (excludes halogenated alkanes) is 3. The average Bonchev–Trinajstić information content (AvgIpc) is 2.55. The smallest absolute Gasteiger partial charge is 0.170 e. The zero-order valence-electron chi connectivity index (χ0n) is 12.8. The molecular formula is C18H23N3S. The molecule has 0 unspecified atom stereocenters. The van der Waals surface area contributed by atoms with Crippen LogP contribution in [0.15, 0.2) is 54.9 Å². The number of thiocarbonyl (C=S) groups is 1. The number of hydrogen-bond acceptors (Lipinski definition) is 2. The summed E-state index contributed by atoms with van der Waals surface area (Å²) in [6, 6.07) is 14.5. The minimum atomic E-state index is 0.426. The molecule has 0 aliphatic heterocycles. The average molecular weight is 313 g/mol. The fourth-order valence-corrected chi connectivity index (χ4v) is 2.68. The highest BCUT2D eigenvalue weighted by molar-refractivity contribution is 7.80. The van der Waals surface area contributed by atoms with Crippen molar-refractivity contribution >= 4 is 23.0 Å². The van der Waals surface area contributed by atoms with E-state index in [0.717, 1.165) is 25.1 Å². The summed E-state index contributed by atoms with van der Waals surface area (Å²) in [7, 11) is 0. The van der Waals surface area contributed by atoms with Crippen LogP contribution in [0.3, 0.4) is 0 Å². The van der Waals surface area contributed by atoms with Gasteiger partial charge in [0.15, 0.2) is 5.11 Å². The number of aromatic nitrogens is 1. The molecule has 4 heteroatoms. The molecule has 0 radical (unpaired) electrons. The van der Waals surface area contributed by atoms with E-state index in [1.165, 1.54) is 24.8 Å². The number of benzene rings is 1. The number of rotatable bonds is 8. The molecule has 0 aliphatic rings. The van der Waals surface area contributed by atoms with E-state index in [-0.39, 0.29) is 0 Å². The second-order valence-electron chi connectivity index (χ2n) is 5.35. The maximum absolute atomic E-state index is 5.82. The minimum absolute atomic E-state index is 0.426. The zero-order valence-corrected chi connectivity index (χ0v) is 13.6. The Kier molecular flexibility index (Phi) is 6.84. The predicted molar refractivity (Wildman–Crippen MR) is 97.0 cm³/mol. The Hall–Kier alpha value is -1.94. The maximum atomic E-state index is 5.82. The standard InChI is InChI=1S/C18H23N3S/c19-18(22)21(17-11-13-20-14-12-17)15-7-2-1-4-8-16-9-5-3-6-10-16/h3,5-6,9-14H,1-2,4,7-8,15H2,(H2,19,22). The minimum Gasteiger partial charge on any atom is -0.376 e. The summed E-state index contributed by atoms with van der Waals surface area (Å²) in [6.45, 7) is 0.866. The van der Waals surface area contributed by atoms with E-state index in [4.69, 9.17) is 18.0 Å². The van der Waals surface area contributed by atoms with E-state index in [1.54, 1.807) is 12.4 Å². The number of aryl methyl sites for hydroxylation is 1. The summed E-state index contributed by atoms with van der Waals surface area (Å²) in [4.78, 5) is 6.01. The SMILES string of the molecule is NC(=S)N(CCCCCCc1ccccc1)c1ccncc1. The Morgan fingerprint density at radius 1 is 0.955 bits per heavy atom. The summed E-state index contributed by atoms with van der Waals surface area (Å²) in [5.41, 5.74) is 8.26. The number of pyridine rings is 1. The highest BCUT2D eigenvalue weighted by Crippen LogP contribution is 2.14. The van der Waals surface area contributed by atoms with Crippen molar-refractivity contribution in [1.29, 1.82) is 0 Å². The lowest BCUT2D eigenvalue weighted by Gasteiger charge is -2.22. The van der Waals surface area contributed by atoms with Gasteiger partial charge in [0.25, 0.3) is 0 Å². The van der Waals surface area contributed by atoms with Crippen LogP contribution in [0.4, 0.5) is 5.69 Å². The molecule has 0 fully saturated rings. The largest absolute Gasteiger partial charge is 0.376 e. The van der Waals surface area contributed by atoms with Crippen LogP contribution in [0, 0.1) is 0 Å². The van der Waals surface area contributed by atoms with Crippen LogP contribution in [-0.4, -0.2) is 16.6 Å². The lowest BCUT2D eigenvalue weighted by atomic mass is 10.1. The lowest BCUT2D eigenvalue weighted by Crippen LogP contribution is -2.36. The van der Waals surface area contributed by atoms with Crippen molar-refractivity contribution in [2.45, 2.75) is 32.1 Å². The Morgan fingerprint density at radius 3 is 2.32 bits per heavy atom. The van der Waals surface area contributed by atoms with E-state index in [9.17, 15) is 0 Å². The zero-order chi connectivity index (χ0) is 15.6. The van der Waals surface area contributed by atoms with Crippen LogP contribution in [0.25, 0.3) is 0 Å². The molecule has 0 atom stereocenters. The summed E-state index contributed by atoms with van der Waals surface area (Å²) in [6.07, 6.45) is 9.43. The quantitative estimate of drug-likeness (QED) is 0.592. The van der Waals surface area contributed by atoms with Crippen molar-refractivity contribution < 1.29 is 0 Å². The third-order valence-corrected chi connectivity index (χ3v) is 3.90. The Labute approximate surface area is 138 Å². The molecular weight excluding hydrogens is 290 g/mol. The first kappa shape index (κ1) is 16.4. The van der Waals surface area contributed by atoms with Crippen LogP contribution in [0.5, 0.6) is 0 Å². The molecule has 1 heterocycles. The first-order chi connectivity index (χ1) is 10.8. The fraction of sp³-hybridized carbons (Fsp3) is 0.333. The van der Waals surface area contributed by atoms with Gasteiger partial charge in [-0.1, -0.05) is 43.2 Å². The first-order valence-corrected chi connectivity index (χ1v) is 8.19. The van der Waals surface area contributed by atoms with Gasteiger partial charge in [-0.25, -0.2) is 0 Å². The first-order valence-electron chi connectivity index (χ1n) is 7.78. The molecule has 2 rings (SSSR count). The molecule has 22 heavy (non-hydrogen) atoms. The molecule has 0 aliphatic carbocycles. The lowest BCUT2D eigenvalue weighted by molar-refractivity contribution is 0.645. The molecule has 0 saturated carbocycles. The molecule has 0 amide bonds. The van der Waals surface area contributed by atoms with Crippen molar-refractivity contribution in [3.8, 4) is 0 Å². The van der Waals surface area contributed by atoms with Crippen LogP contribution in [0.2, 0.25) is 0 Å². The van der Waals surface area contributed by atoms with Crippen molar-refractivity contribution in [3.05, 3.63) is 60.4 Å². The summed E-state index contributed by atoms with van der Waals surface area (Å²) in [5, 5.41) is 0.426. The Morgan fingerprint density at radius 2 is 1.64 bits per heavy atom. The van der Waals surface area contributed by atoms with Crippen molar-refractivity contribution in [1.82, 2.24) is 4.98 Å². The monoisotopic (exact) mass is 313 g/mol. The van der Waals surface area contributed by atoms with Gasteiger partial charge in [0.1, 0.15) is 0 Å². The van der Waals surface area contributed by atoms with E-state index >= 15 is 0 Å². The number of anilines is 1. The fourth-order valence-electron chi connectivity index (χ4n) is 2.49. The van der Waals surface area contributed by atoms with Gasteiger partial charge < -0.3 is 10.6 Å². The normalized spacial score (nSPS) is 10.4. The van der Waals surface area contributed by atoms with Crippen molar-refractivity contribution in [3.63, 3.8) is 0 Å². The van der Waals surface area contributed by atoms with Gasteiger partial charge in [0, 0.05) is 24.6 Å². The van der Waals surface area contributed by atoms with E-state index < -0.39 is 0 Å². The molecule has 2 N–H and O–H groups in total. The molecule has 2 aromatic rings. The second-order valence-corrected chi connectivity index (χ2v) is 5.76.